The molecule has 6 rings (SSSR count). The number of hydrogen-bond acceptors (Lipinski definition) is 3. The van der Waals surface area contributed by atoms with Gasteiger partial charge >= 0.3 is 6.03 Å². The smallest absolute Gasteiger partial charge is 0.317 e. The highest BCUT2D eigenvalue weighted by Gasteiger charge is 2.59. The predicted octanol–water partition coefficient (Wildman–Crippen LogP) is 4.27. The first-order valence-electron chi connectivity index (χ1n) is 13.4. The van der Waals surface area contributed by atoms with E-state index in [-0.39, 0.29) is 18.0 Å². The quantitative estimate of drug-likeness (QED) is 0.370. The van der Waals surface area contributed by atoms with E-state index in [0.717, 1.165) is 66.7 Å². The predicted molar refractivity (Wildman–Crippen MR) is 150 cm³/mol. The number of rotatable bonds is 6. The summed E-state index contributed by atoms with van der Waals surface area (Å²) in [5.41, 5.74) is 3.37. The number of amides is 3. The zero-order valence-electron chi connectivity index (χ0n) is 21.4. The van der Waals surface area contributed by atoms with Gasteiger partial charge in [-0.3, -0.25) is 4.79 Å². The lowest BCUT2D eigenvalue weighted by Crippen LogP contribution is -2.67. The minimum Gasteiger partial charge on any atom is -0.343 e. The van der Waals surface area contributed by atoms with Gasteiger partial charge in [-0.15, -0.1) is 12.3 Å². The fourth-order valence-corrected chi connectivity index (χ4v) is 6.42. The number of hydrogen-bond donors (Lipinski definition) is 2. The number of nitrogens with zero attached hydrogens (tertiary/aromatic N) is 3. The fourth-order valence-electron chi connectivity index (χ4n) is 6.24. The summed E-state index contributed by atoms with van der Waals surface area (Å²) in [6.07, 6.45) is 8.92. The van der Waals surface area contributed by atoms with Gasteiger partial charge in [0, 0.05) is 59.4 Å². The highest BCUT2D eigenvalue weighted by Crippen LogP contribution is 2.48. The molecule has 3 aliphatic rings. The van der Waals surface area contributed by atoms with Crippen LogP contribution < -0.4 is 15.5 Å². The highest BCUT2D eigenvalue weighted by atomic mass is 35.5. The summed E-state index contributed by atoms with van der Waals surface area (Å²) in [4.78, 5) is 30.7. The lowest BCUT2D eigenvalue weighted by Gasteiger charge is -2.47. The van der Waals surface area contributed by atoms with E-state index in [1.54, 1.807) is 4.90 Å². The first-order chi connectivity index (χ1) is 18.5. The van der Waals surface area contributed by atoms with Crippen molar-refractivity contribution < 1.29 is 9.59 Å². The Morgan fingerprint density at radius 3 is 2.74 bits per heavy atom. The molecule has 0 atom stereocenters. The third-order valence-electron chi connectivity index (χ3n) is 8.21. The monoisotopic (exact) mass is 529 g/mol. The average molecular weight is 530 g/mol. The number of benzene rings is 2. The number of piperidine rings is 1. The van der Waals surface area contributed by atoms with Crippen LogP contribution in [-0.4, -0.2) is 53.6 Å². The molecule has 1 aromatic heterocycles. The molecular formula is C30H32ClN5O2. The van der Waals surface area contributed by atoms with Crippen molar-refractivity contribution in [1.82, 2.24) is 20.1 Å². The van der Waals surface area contributed by atoms with Crippen LogP contribution in [0.1, 0.15) is 36.9 Å². The van der Waals surface area contributed by atoms with Gasteiger partial charge < -0.3 is 25.0 Å². The summed E-state index contributed by atoms with van der Waals surface area (Å²) in [6.45, 7) is 3.85. The molecule has 3 amide bonds. The third-order valence-corrected chi connectivity index (χ3v) is 8.45. The number of fused-ring (bicyclic) bond motifs is 3. The molecule has 2 N–H and O–H groups in total. The molecule has 0 radical (unpaired) electrons. The molecular weight excluding hydrogens is 498 g/mol. The van der Waals surface area contributed by atoms with E-state index in [1.807, 2.05) is 47.4 Å². The molecule has 3 aromatic rings. The van der Waals surface area contributed by atoms with Crippen LogP contribution in [0, 0.1) is 12.3 Å². The number of aromatic nitrogens is 1. The largest absolute Gasteiger partial charge is 0.343 e. The van der Waals surface area contributed by atoms with Gasteiger partial charge in [0.1, 0.15) is 5.41 Å². The maximum Gasteiger partial charge on any atom is 0.317 e. The molecule has 0 saturated carbocycles. The number of unbranched alkanes of at least 4 members (excludes halogenated alkanes) is 1. The number of urea groups is 1. The van der Waals surface area contributed by atoms with Crippen molar-refractivity contribution in [3.05, 3.63) is 64.8 Å². The molecule has 2 fully saturated rings. The fraction of sp³-hybridized carbons (Fsp3) is 0.400. The number of nitrogens with one attached hydrogen (secondary N) is 2. The lowest BCUT2D eigenvalue weighted by atomic mass is 9.75. The van der Waals surface area contributed by atoms with Gasteiger partial charge in [0.15, 0.2) is 0 Å². The van der Waals surface area contributed by atoms with Crippen molar-refractivity contribution >= 4 is 40.1 Å². The van der Waals surface area contributed by atoms with Crippen LogP contribution in [0.5, 0.6) is 0 Å². The average Bonchev–Trinajstić information content (AvgIpc) is 3.35. The third kappa shape index (κ3) is 4.22. The van der Waals surface area contributed by atoms with Crippen molar-refractivity contribution in [1.29, 1.82) is 0 Å². The Balaban J connectivity index is 1.26. The Morgan fingerprint density at radius 1 is 1.16 bits per heavy atom. The number of halogens is 1. The number of carbonyl (C=O) groups excluding carboxylic acids is 2. The van der Waals surface area contributed by atoms with Gasteiger partial charge in [0.2, 0.25) is 5.91 Å². The summed E-state index contributed by atoms with van der Waals surface area (Å²) >= 11 is 6.29. The van der Waals surface area contributed by atoms with Crippen molar-refractivity contribution in [2.45, 2.75) is 50.2 Å². The summed E-state index contributed by atoms with van der Waals surface area (Å²) in [5, 5.41) is 8.22. The van der Waals surface area contributed by atoms with E-state index in [1.165, 1.54) is 0 Å². The van der Waals surface area contributed by atoms with E-state index >= 15 is 0 Å². The molecule has 3 aliphatic heterocycles. The molecule has 4 heterocycles. The molecule has 7 nitrogen and oxygen atoms in total. The maximum absolute atomic E-state index is 14.1. The normalized spacial score (nSPS) is 18.5. The molecule has 2 aromatic carbocycles. The Kier molecular flexibility index (Phi) is 6.55. The minimum absolute atomic E-state index is 0.0584. The summed E-state index contributed by atoms with van der Waals surface area (Å²) in [7, 11) is 0. The second-order valence-corrected chi connectivity index (χ2v) is 11.1. The van der Waals surface area contributed by atoms with Crippen LogP contribution in [0.4, 0.5) is 10.5 Å². The van der Waals surface area contributed by atoms with Crippen molar-refractivity contribution in [3.8, 4) is 12.3 Å². The van der Waals surface area contributed by atoms with Crippen molar-refractivity contribution in [2.24, 2.45) is 0 Å². The number of para-hydroxylation sites is 1. The van der Waals surface area contributed by atoms with Crippen LogP contribution in [0.15, 0.2) is 48.5 Å². The molecule has 0 unspecified atom stereocenters. The van der Waals surface area contributed by atoms with Crippen LogP contribution in [0.2, 0.25) is 5.02 Å². The van der Waals surface area contributed by atoms with Crippen LogP contribution >= 0.6 is 11.6 Å². The van der Waals surface area contributed by atoms with E-state index in [9.17, 15) is 9.59 Å². The minimum atomic E-state index is -0.689. The first-order valence-corrected chi connectivity index (χ1v) is 13.8. The van der Waals surface area contributed by atoms with Gasteiger partial charge in [-0.1, -0.05) is 29.8 Å². The van der Waals surface area contributed by atoms with Gasteiger partial charge in [0.05, 0.1) is 6.54 Å². The molecule has 0 aliphatic carbocycles. The summed E-state index contributed by atoms with van der Waals surface area (Å²) in [5.74, 6) is 2.78. The Morgan fingerprint density at radius 2 is 1.95 bits per heavy atom. The number of terminal acetylenes is 1. The Hall–Kier alpha value is -3.47. The van der Waals surface area contributed by atoms with Crippen LogP contribution in [-0.2, 0) is 23.3 Å². The van der Waals surface area contributed by atoms with Gasteiger partial charge in [0.25, 0.3) is 0 Å². The lowest BCUT2D eigenvalue weighted by molar-refractivity contribution is -0.127. The first kappa shape index (κ1) is 24.8. The van der Waals surface area contributed by atoms with E-state index in [0.29, 0.717) is 31.1 Å². The second-order valence-electron chi connectivity index (χ2n) is 10.6. The number of carbonyl (C=O) groups is 2. The molecule has 8 heteroatoms. The van der Waals surface area contributed by atoms with Crippen LogP contribution in [0.25, 0.3) is 10.9 Å². The van der Waals surface area contributed by atoms with Crippen molar-refractivity contribution in [3.63, 3.8) is 0 Å². The molecule has 0 bridgehead atoms. The van der Waals surface area contributed by atoms with Crippen LogP contribution in [0.3, 0.4) is 0 Å². The standard InChI is InChI=1S/C30H32ClN5O2/c1-2-3-6-15-35-24(17-21-16-22(31)9-10-26(21)35)18-36-27-8-5-4-7-25(27)30(28(36)37)19-34(20-30)29(38)33-23-11-13-32-14-12-23/h1,4-5,7-10,16-17,23,32H,3,6,11-15,18-20H2,(H,33,38). The van der Waals surface area contributed by atoms with Gasteiger partial charge in [-0.25, -0.2) is 4.79 Å². The van der Waals surface area contributed by atoms with Gasteiger partial charge in [-0.2, -0.15) is 0 Å². The molecule has 2 saturated heterocycles. The van der Waals surface area contributed by atoms with Crippen molar-refractivity contribution in [2.75, 3.05) is 31.1 Å². The Labute approximate surface area is 228 Å². The molecule has 38 heavy (non-hydrogen) atoms. The van der Waals surface area contributed by atoms with E-state index in [2.05, 4.69) is 27.2 Å². The highest BCUT2D eigenvalue weighted by molar-refractivity contribution is 6.31. The summed E-state index contributed by atoms with van der Waals surface area (Å²) in [6, 6.07) is 16.1. The number of anilines is 1. The second kappa shape index (κ2) is 10.0. The van der Waals surface area contributed by atoms with E-state index in [4.69, 9.17) is 18.0 Å². The Bertz CT molecular complexity index is 1430. The zero-order chi connectivity index (χ0) is 26.3. The maximum atomic E-state index is 14.1. The van der Waals surface area contributed by atoms with E-state index < -0.39 is 5.41 Å². The number of aryl methyl sites for hydroxylation is 1. The number of likely N-dealkylation sites (tertiary alicyclic amines) is 1. The molecule has 1 spiro atoms. The topological polar surface area (TPSA) is 69.6 Å². The van der Waals surface area contributed by atoms with Gasteiger partial charge in [-0.05, 0) is 68.2 Å². The summed E-state index contributed by atoms with van der Waals surface area (Å²) < 4.78 is 2.25. The SMILES string of the molecule is C#CCCCn1c(CN2C(=O)C3(CN(C(=O)NC4CCNCC4)C3)c3ccccc32)cc2cc(Cl)ccc21. The zero-order valence-corrected chi connectivity index (χ0v) is 22.1. The molecule has 196 valence electrons.